The van der Waals surface area contributed by atoms with Crippen LogP contribution in [0.15, 0.2) is 36.4 Å². The Morgan fingerprint density at radius 2 is 1.64 bits per heavy atom. The highest BCUT2D eigenvalue weighted by Crippen LogP contribution is 2.26. The Hall–Kier alpha value is -1.97. The van der Waals surface area contributed by atoms with E-state index in [1.165, 1.54) is 30.3 Å². The van der Waals surface area contributed by atoms with Crippen LogP contribution in [0.3, 0.4) is 0 Å². The lowest BCUT2D eigenvalue weighted by molar-refractivity contribution is 0.402. The van der Waals surface area contributed by atoms with Crippen LogP contribution >= 0.6 is 0 Å². The third-order valence-corrected chi connectivity index (χ3v) is 1.91. The van der Waals surface area contributed by atoms with Crippen molar-refractivity contribution >= 4 is 0 Å². The van der Waals surface area contributed by atoms with E-state index in [-0.39, 0.29) is 11.8 Å². The molecular formula is C10H8FNO2. The molecule has 2 N–H and O–H groups in total. The molecule has 2 aromatic rings. The fraction of sp³-hybridized carbons (Fsp3) is 0. The summed E-state index contributed by atoms with van der Waals surface area (Å²) in [6, 6.07) is 8.27. The van der Waals surface area contributed by atoms with E-state index >= 15 is 0 Å². The summed E-state index contributed by atoms with van der Waals surface area (Å²) in [6.45, 7) is 0. The minimum absolute atomic E-state index is 0.131. The Morgan fingerprint density at radius 3 is 2.21 bits per heavy atom. The van der Waals surface area contributed by atoms with Crippen molar-refractivity contribution in [2.75, 3.05) is 0 Å². The molecule has 4 heteroatoms. The maximum absolute atomic E-state index is 12.8. The summed E-state index contributed by atoms with van der Waals surface area (Å²) in [7, 11) is 0. The molecule has 0 aliphatic heterocycles. The Balaban J connectivity index is 2.59. The second-order valence-electron chi connectivity index (χ2n) is 2.87. The van der Waals surface area contributed by atoms with Crippen molar-refractivity contribution in [3.8, 4) is 17.4 Å². The second-order valence-corrected chi connectivity index (χ2v) is 2.87. The lowest BCUT2D eigenvalue weighted by Crippen LogP contribution is -1.92. The third kappa shape index (κ3) is 1.31. The van der Waals surface area contributed by atoms with Crippen LogP contribution in [-0.2, 0) is 0 Å². The van der Waals surface area contributed by atoms with Crippen molar-refractivity contribution in [3.63, 3.8) is 0 Å². The molecule has 1 heterocycles. The smallest absolute Gasteiger partial charge is 0.198 e. The van der Waals surface area contributed by atoms with Gasteiger partial charge in [-0.2, -0.15) is 0 Å². The van der Waals surface area contributed by atoms with Gasteiger partial charge in [0.05, 0.1) is 5.69 Å². The van der Waals surface area contributed by atoms with Crippen molar-refractivity contribution < 1.29 is 14.6 Å². The molecule has 0 bridgehead atoms. The number of rotatable bonds is 1. The van der Waals surface area contributed by atoms with Gasteiger partial charge in [0.1, 0.15) is 5.82 Å². The topological polar surface area (TPSA) is 45.4 Å². The second kappa shape index (κ2) is 3.06. The minimum Gasteiger partial charge on any atom is -0.494 e. The van der Waals surface area contributed by atoms with Crippen LogP contribution in [0.2, 0.25) is 0 Å². The fourth-order valence-electron chi connectivity index (χ4n) is 1.30. The van der Waals surface area contributed by atoms with E-state index in [0.717, 1.165) is 4.57 Å². The van der Waals surface area contributed by atoms with Crippen LogP contribution < -0.4 is 0 Å². The molecule has 0 radical (unpaired) electrons. The summed E-state index contributed by atoms with van der Waals surface area (Å²) < 4.78 is 14.0. The molecule has 0 spiro atoms. The zero-order valence-electron chi connectivity index (χ0n) is 7.18. The number of benzene rings is 1. The lowest BCUT2D eigenvalue weighted by atomic mass is 10.3. The van der Waals surface area contributed by atoms with E-state index in [1.54, 1.807) is 6.07 Å². The molecule has 0 saturated heterocycles. The largest absolute Gasteiger partial charge is 0.494 e. The van der Waals surface area contributed by atoms with Gasteiger partial charge in [-0.15, -0.1) is 0 Å². The first-order valence-electron chi connectivity index (χ1n) is 4.04. The number of hydrogen-bond acceptors (Lipinski definition) is 2. The summed E-state index contributed by atoms with van der Waals surface area (Å²) >= 11 is 0. The molecule has 0 saturated carbocycles. The average molecular weight is 193 g/mol. The van der Waals surface area contributed by atoms with Gasteiger partial charge < -0.3 is 10.2 Å². The molecule has 0 fully saturated rings. The summed E-state index contributed by atoms with van der Waals surface area (Å²) in [4.78, 5) is 0. The van der Waals surface area contributed by atoms with Crippen LogP contribution in [-0.4, -0.2) is 14.8 Å². The summed E-state index contributed by atoms with van der Waals surface area (Å²) in [5, 5.41) is 18.7. The summed E-state index contributed by atoms with van der Waals surface area (Å²) in [5.74, 6) is -0.684. The van der Waals surface area contributed by atoms with E-state index in [4.69, 9.17) is 0 Å². The molecular weight excluding hydrogens is 185 g/mol. The van der Waals surface area contributed by atoms with E-state index in [1.807, 2.05) is 0 Å². The average Bonchev–Trinajstić information content (AvgIpc) is 2.46. The molecule has 72 valence electrons. The predicted octanol–water partition coefficient (Wildman–Crippen LogP) is 2.03. The van der Waals surface area contributed by atoms with E-state index in [2.05, 4.69) is 0 Å². The summed E-state index contributed by atoms with van der Waals surface area (Å²) in [6.07, 6.45) is 0. The highest BCUT2D eigenvalue weighted by molar-refractivity contribution is 5.42. The highest BCUT2D eigenvalue weighted by Gasteiger charge is 2.07. The first-order chi connectivity index (χ1) is 6.68. The Bertz CT molecular complexity index is 445. The van der Waals surface area contributed by atoms with E-state index in [0.29, 0.717) is 5.69 Å². The van der Waals surface area contributed by atoms with E-state index in [9.17, 15) is 14.6 Å². The van der Waals surface area contributed by atoms with Crippen molar-refractivity contribution in [3.05, 3.63) is 42.2 Å². The molecule has 0 aliphatic rings. The first-order valence-corrected chi connectivity index (χ1v) is 4.04. The number of hydrogen-bond donors (Lipinski definition) is 2. The quantitative estimate of drug-likeness (QED) is 0.727. The van der Waals surface area contributed by atoms with Crippen LogP contribution in [0.25, 0.3) is 5.69 Å². The lowest BCUT2D eigenvalue weighted by Gasteiger charge is -2.05. The van der Waals surface area contributed by atoms with Crippen LogP contribution in [0.1, 0.15) is 0 Å². The van der Waals surface area contributed by atoms with Crippen molar-refractivity contribution in [2.24, 2.45) is 0 Å². The fourth-order valence-corrected chi connectivity index (χ4v) is 1.30. The molecule has 0 atom stereocenters. The molecule has 0 unspecified atom stereocenters. The van der Waals surface area contributed by atoms with Crippen molar-refractivity contribution in [2.45, 2.75) is 0 Å². The normalized spacial score (nSPS) is 10.4. The van der Waals surface area contributed by atoms with Gasteiger partial charge in [-0.1, -0.05) is 6.07 Å². The van der Waals surface area contributed by atoms with Crippen LogP contribution in [0.4, 0.5) is 4.39 Å². The van der Waals surface area contributed by atoms with Gasteiger partial charge in [0.2, 0.25) is 0 Å². The zero-order chi connectivity index (χ0) is 10.1. The van der Waals surface area contributed by atoms with Gasteiger partial charge in [-0.25, -0.2) is 4.39 Å². The number of nitrogens with zero attached hydrogens (tertiary/aromatic N) is 1. The van der Waals surface area contributed by atoms with Crippen molar-refractivity contribution in [1.29, 1.82) is 0 Å². The van der Waals surface area contributed by atoms with Gasteiger partial charge in [-0.3, -0.25) is 4.57 Å². The van der Waals surface area contributed by atoms with Gasteiger partial charge in [0.15, 0.2) is 11.8 Å². The van der Waals surface area contributed by atoms with Crippen molar-refractivity contribution in [1.82, 2.24) is 4.57 Å². The molecule has 1 aromatic carbocycles. The zero-order valence-corrected chi connectivity index (χ0v) is 7.18. The number of aromatic nitrogens is 1. The Kier molecular flexibility index (Phi) is 1.89. The number of aromatic hydroxyl groups is 2. The standard InChI is InChI=1S/C10H8FNO2/c11-7-2-1-3-8(6-7)12-9(13)4-5-10(12)14/h1-6,13-14H. The predicted molar refractivity (Wildman–Crippen MR) is 49.1 cm³/mol. The molecule has 3 nitrogen and oxygen atoms in total. The maximum Gasteiger partial charge on any atom is 0.198 e. The summed E-state index contributed by atoms with van der Waals surface area (Å²) in [5.41, 5.74) is 0.380. The molecule has 14 heavy (non-hydrogen) atoms. The third-order valence-electron chi connectivity index (χ3n) is 1.91. The number of halogens is 1. The minimum atomic E-state index is -0.421. The van der Waals surface area contributed by atoms with Gasteiger partial charge in [-0.05, 0) is 18.2 Å². The van der Waals surface area contributed by atoms with Crippen LogP contribution in [0.5, 0.6) is 11.8 Å². The first kappa shape index (κ1) is 8.62. The van der Waals surface area contributed by atoms with E-state index < -0.39 is 5.82 Å². The molecule has 1 aromatic heterocycles. The Morgan fingerprint density at radius 1 is 1.00 bits per heavy atom. The molecule has 0 amide bonds. The maximum atomic E-state index is 12.8. The molecule has 0 aliphatic carbocycles. The monoisotopic (exact) mass is 193 g/mol. The Labute approximate surface area is 79.7 Å². The highest BCUT2D eigenvalue weighted by atomic mass is 19.1. The van der Waals surface area contributed by atoms with Gasteiger partial charge in [0, 0.05) is 12.1 Å². The van der Waals surface area contributed by atoms with Gasteiger partial charge in [0.25, 0.3) is 0 Å². The van der Waals surface area contributed by atoms with Gasteiger partial charge >= 0.3 is 0 Å². The molecule has 2 rings (SSSR count). The SMILES string of the molecule is Oc1ccc(O)n1-c1cccc(F)c1. The van der Waals surface area contributed by atoms with Crippen LogP contribution in [0, 0.1) is 5.82 Å².